The van der Waals surface area contributed by atoms with Crippen LogP contribution in [0.2, 0.25) is 0 Å². The number of rotatable bonds is 5. The predicted molar refractivity (Wildman–Crippen MR) is 87.0 cm³/mol. The van der Waals surface area contributed by atoms with Crippen LogP contribution in [0.5, 0.6) is 5.75 Å². The maximum atomic E-state index is 12.5. The molecular formula is C16H21N3O3S. The Morgan fingerprint density at radius 3 is 2.83 bits per heavy atom. The number of fused-ring (bicyclic) bond motifs is 1. The number of methoxy groups -OCH3 is 1. The number of H-pyrrole nitrogens is 1. The number of sulfonamides is 1. The lowest BCUT2D eigenvalue weighted by Gasteiger charge is -2.10. The Hall–Kier alpha value is -1.86. The van der Waals surface area contributed by atoms with Gasteiger partial charge in [-0.05, 0) is 50.3 Å². The molecule has 0 saturated carbocycles. The Balaban J connectivity index is 1.79. The summed E-state index contributed by atoms with van der Waals surface area (Å²) in [6.07, 6.45) is 4.25. The topological polar surface area (TPSA) is 84.1 Å². The monoisotopic (exact) mass is 335 g/mol. The van der Waals surface area contributed by atoms with E-state index in [1.807, 2.05) is 13.0 Å². The number of imidazole rings is 1. The van der Waals surface area contributed by atoms with Gasteiger partial charge >= 0.3 is 0 Å². The quantitative estimate of drug-likeness (QED) is 0.876. The van der Waals surface area contributed by atoms with E-state index in [2.05, 4.69) is 14.7 Å². The van der Waals surface area contributed by atoms with E-state index >= 15 is 0 Å². The summed E-state index contributed by atoms with van der Waals surface area (Å²) in [5.41, 5.74) is 3.07. The minimum absolute atomic E-state index is 0.145. The molecule has 6 nitrogen and oxygen atoms in total. The predicted octanol–water partition coefficient (Wildman–Crippen LogP) is 2.08. The second-order valence-electron chi connectivity index (χ2n) is 5.79. The number of aromatic amines is 1. The van der Waals surface area contributed by atoms with E-state index in [4.69, 9.17) is 4.74 Å². The maximum Gasteiger partial charge on any atom is 0.244 e. The van der Waals surface area contributed by atoms with Gasteiger partial charge in [-0.2, -0.15) is 0 Å². The summed E-state index contributed by atoms with van der Waals surface area (Å²) in [4.78, 5) is 7.87. The lowest BCUT2D eigenvalue weighted by atomic mass is 10.0. The molecule has 124 valence electrons. The van der Waals surface area contributed by atoms with Crippen molar-refractivity contribution in [2.45, 2.75) is 44.0 Å². The first-order valence-corrected chi connectivity index (χ1v) is 9.19. The van der Waals surface area contributed by atoms with Crippen LogP contribution in [-0.4, -0.2) is 25.5 Å². The van der Waals surface area contributed by atoms with Crippen LogP contribution < -0.4 is 9.46 Å². The van der Waals surface area contributed by atoms with Crippen LogP contribution in [0.1, 0.15) is 35.6 Å². The van der Waals surface area contributed by atoms with Crippen molar-refractivity contribution in [1.82, 2.24) is 14.7 Å². The fraction of sp³-hybridized carbons (Fsp3) is 0.438. The number of nitrogens with one attached hydrogen (secondary N) is 2. The van der Waals surface area contributed by atoms with Gasteiger partial charge in [0.15, 0.2) is 0 Å². The highest BCUT2D eigenvalue weighted by atomic mass is 32.2. The molecule has 2 N–H and O–H groups in total. The fourth-order valence-corrected chi connectivity index (χ4v) is 4.07. The van der Waals surface area contributed by atoms with Crippen molar-refractivity contribution in [3.8, 4) is 5.75 Å². The van der Waals surface area contributed by atoms with Crippen molar-refractivity contribution in [3.05, 3.63) is 41.0 Å². The molecule has 0 fully saturated rings. The highest BCUT2D eigenvalue weighted by Gasteiger charge is 2.21. The Labute approximate surface area is 136 Å². The van der Waals surface area contributed by atoms with E-state index in [-0.39, 0.29) is 11.4 Å². The Kier molecular flexibility index (Phi) is 4.41. The molecule has 1 aliphatic carbocycles. The van der Waals surface area contributed by atoms with E-state index in [0.717, 1.165) is 42.6 Å². The van der Waals surface area contributed by atoms with Gasteiger partial charge in [0.25, 0.3) is 0 Å². The lowest BCUT2D eigenvalue weighted by Crippen LogP contribution is -2.24. The van der Waals surface area contributed by atoms with E-state index < -0.39 is 10.0 Å². The molecule has 1 aliphatic rings. The minimum Gasteiger partial charge on any atom is -0.495 e. The van der Waals surface area contributed by atoms with Gasteiger partial charge in [0.05, 0.1) is 19.3 Å². The molecule has 2 aromatic rings. The van der Waals surface area contributed by atoms with Crippen LogP contribution in [0.25, 0.3) is 0 Å². The molecule has 0 unspecified atom stereocenters. The molecule has 1 heterocycles. The molecule has 0 saturated heterocycles. The van der Waals surface area contributed by atoms with Gasteiger partial charge in [0.2, 0.25) is 10.0 Å². The first kappa shape index (κ1) is 16.0. The largest absolute Gasteiger partial charge is 0.495 e. The molecule has 0 aliphatic heterocycles. The van der Waals surface area contributed by atoms with Crippen molar-refractivity contribution >= 4 is 10.0 Å². The fourth-order valence-electron chi connectivity index (χ4n) is 2.83. The van der Waals surface area contributed by atoms with Crippen LogP contribution in [0.4, 0.5) is 0 Å². The van der Waals surface area contributed by atoms with Crippen LogP contribution in [0, 0.1) is 6.92 Å². The zero-order valence-electron chi connectivity index (χ0n) is 13.3. The Morgan fingerprint density at radius 1 is 1.30 bits per heavy atom. The molecule has 1 aromatic carbocycles. The van der Waals surface area contributed by atoms with Crippen molar-refractivity contribution in [2.75, 3.05) is 7.11 Å². The Morgan fingerprint density at radius 2 is 2.09 bits per heavy atom. The normalized spacial score (nSPS) is 14.5. The molecule has 0 bridgehead atoms. The number of aromatic nitrogens is 2. The molecule has 23 heavy (non-hydrogen) atoms. The number of benzene rings is 1. The standard InChI is InChI=1S/C16H21N3O3S/c1-11-7-8-14(22-2)15(9-11)23(20,21)17-10-16-18-12-5-3-4-6-13(12)19-16/h7-9,17H,3-6,10H2,1-2H3,(H,18,19). The van der Waals surface area contributed by atoms with Crippen LogP contribution in [0.3, 0.4) is 0 Å². The summed E-state index contributed by atoms with van der Waals surface area (Å²) < 4.78 is 32.9. The minimum atomic E-state index is -3.66. The van der Waals surface area contributed by atoms with Crippen LogP contribution in [0.15, 0.2) is 23.1 Å². The second-order valence-corrected chi connectivity index (χ2v) is 7.53. The molecule has 0 spiro atoms. The first-order chi connectivity index (χ1) is 11.0. The maximum absolute atomic E-state index is 12.5. The number of nitrogens with zero attached hydrogens (tertiary/aromatic N) is 1. The van der Waals surface area contributed by atoms with Gasteiger partial charge in [-0.3, -0.25) is 0 Å². The molecule has 1 aromatic heterocycles. The number of aryl methyl sites for hydroxylation is 3. The van der Waals surface area contributed by atoms with E-state index in [1.165, 1.54) is 7.11 Å². The van der Waals surface area contributed by atoms with E-state index in [9.17, 15) is 8.42 Å². The van der Waals surface area contributed by atoms with Gasteiger partial charge in [0, 0.05) is 5.69 Å². The summed E-state index contributed by atoms with van der Waals surface area (Å²) in [5.74, 6) is 0.994. The number of hydrogen-bond donors (Lipinski definition) is 2. The van der Waals surface area contributed by atoms with Crippen LogP contribution in [-0.2, 0) is 29.4 Å². The molecule has 0 amide bonds. The third-order valence-corrected chi connectivity index (χ3v) is 5.46. The molecule has 7 heteroatoms. The average Bonchev–Trinajstić information content (AvgIpc) is 2.96. The zero-order valence-corrected chi connectivity index (χ0v) is 14.2. The number of ether oxygens (including phenoxy) is 1. The summed E-state index contributed by atoms with van der Waals surface area (Å²) in [5, 5.41) is 0. The van der Waals surface area contributed by atoms with Crippen molar-refractivity contribution in [3.63, 3.8) is 0 Å². The average molecular weight is 335 g/mol. The van der Waals surface area contributed by atoms with E-state index in [0.29, 0.717) is 11.6 Å². The first-order valence-electron chi connectivity index (χ1n) is 7.70. The van der Waals surface area contributed by atoms with Gasteiger partial charge in [-0.25, -0.2) is 18.1 Å². The summed E-state index contributed by atoms with van der Waals surface area (Å²) in [7, 11) is -2.20. The number of hydrogen-bond acceptors (Lipinski definition) is 4. The van der Waals surface area contributed by atoms with Gasteiger partial charge in [-0.15, -0.1) is 0 Å². The Bertz CT molecular complexity index is 788. The summed E-state index contributed by atoms with van der Waals surface area (Å²) in [6.45, 7) is 1.99. The third kappa shape index (κ3) is 3.40. The highest BCUT2D eigenvalue weighted by molar-refractivity contribution is 7.89. The summed E-state index contributed by atoms with van der Waals surface area (Å²) in [6, 6.07) is 5.09. The summed E-state index contributed by atoms with van der Waals surface area (Å²) >= 11 is 0. The smallest absolute Gasteiger partial charge is 0.244 e. The van der Waals surface area contributed by atoms with Crippen LogP contribution >= 0.6 is 0 Å². The van der Waals surface area contributed by atoms with Crippen molar-refractivity contribution in [2.24, 2.45) is 0 Å². The third-order valence-electron chi connectivity index (χ3n) is 4.04. The van der Waals surface area contributed by atoms with Crippen molar-refractivity contribution < 1.29 is 13.2 Å². The highest BCUT2D eigenvalue weighted by Crippen LogP contribution is 2.25. The van der Waals surface area contributed by atoms with Gasteiger partial charge in [0.1, 0.15) is 16.5 Å². The van der Waals surface area contributed by atoms with Crippen molar-refractivity contribution in [1.29, 1.82) is 0 Å². The zero-order chi connectivity index (χ0) is 16.4. The van der Waals surface area contributed by atoms with Gasteiger partial charge < -0.3 is 9.72 Å². The molecule has 3 rings (SSSR count). The lowest BCUT2D eigenvalue weighted by molar-refractivity contribution is 0.402. The van der Waals surface area contributed by atoms with Gasteiger partial charge in [-0.1, -0.05) is 6.07 Å². The SMILES string of the molecule is COc1ccc(C)cc1S(=O)(=O)NCc1nc2c([nH]1)CCCC2. The molecular weight excluding hydrogens is 314 g/mol. The molecule has 0 radical (unpaired) electrons. The van der Waals surface area contributed by atoms with E-state index in [1.54, 1.807) is 12.1 Å². The molecule has 0 atom stereocenters. The second kappa shape index (κ2) is 6.33.